The van der Waals surface area contributed by atoms with Crippen LogP contribution in [0.2, 0.25) is 0 Å². The SMILES string of the molecule is CCOC(=O)CC(=O)SCC(NC(=O)C(C)C)C(=O)OCC. The van der Waals surface area contributed by atoms with E-state index in [0.29, 0.717) is 0 Å². The Morgan fingerprint density at radius 3 is 2.14 bits per heavy atom. The second-order valence-corrected chi connectivity index (χ2v) is 5.71. The van der Waals surface area contributed by atoms with Crippen LogP contribution < -0.4 is 5.32 Å². The Morgan fingerprint density at radius 1 is 1.05 bits per heavy atom. The highest BCUT2D eigenvalue weighted by Crippen LogP contribution is 2.10. The largest absolute Gasteiger partial charge is 0.466 e. The summed E-state index contributed by atoms with van der Waals surface area (Å²) >= 11 is 0.791. The molecule has 0 fully saturated rings. The molecule has 22 heavy (non-hydrogen) atoms. The van der Waals surface area contributed by atoms with Gasteiger partial charge in [0.15, 0.2) is 5.12 Å². The van der Waals surface area contributed by atoms with Gasteiger partial charge in [0.05, 0.1) is 13.2 Å². The fourth-order valence-corrected chi connectivity index (χ4v) is 2.10. The van der Waals surface area contributed by atoms with Crippen molar-refractivity contribution in [3.63, 3.8) is 0 Å². The van der Waals surface area contributed by atoms with E-state index in [-0.39, 0.29) is 37.2 Å². The lowest BCUT2D eigenvalue weighted by Gasteiger charge is -2.17. The van der Waals surface area contributed by atoms with E-state index in [2.05, 4.69) is 10.1 Å². The third-order valence-electron chi connectivity index (χ3n) is 2.42. The molecule has 0 spiro atoms. The molecule has 0 aromatic rings. The quantitative estimate of drug-likeness (QED) is 0.494. The Hall–Kier alpha value is -1.57. The molecule has 1 N–H and O–H groups in total. The summed E-state index contributed by atoms with van der Waals surface area (Å²) in [6, 6.07) is -0.925. The second-order valence-electron chi connectivity index (χ2n) is 4.63. The minimum atomic E-state index is -0.925. The molecule has 1 unspecified atom stereocenters. The molecule has 7 nitrogen and oxygen atoms in total. The number of thioether (sulfide) groups is 1. The number of esters is 2. The van der Waals surface area contributed by atoms with E-state index in [0.717, 1.165) is 11.8 Å². The normalized spacial score (nSPS) is 11.7. The van der Waals surface area contributed by atoms with Crippen LogP contribution in [0.4, 0.5) is 0 Å². The lowest BCUT2D eigenvalue weighted by molar-refractivity contribution is -0.147. The molecule has 126 valence electrons. The maximum absolute atomic E-state index is 11.8. The predicted molar refractivity (Wildman–Crippen MR) is 82.1 cm³/mol. The summed E-state index contributed by atoms with van der Waals surface area (Å²) in [5.74, 6) is -1.81. The summed E-state index contributed by atoms with van der Waals surface area (Å²) in [5, 5.41) is 2.11. The maximum Gasteiger partial charge on any atom is 0.329 e. The van der Waals surface area contributed by atoms with Crippen molar-refractivity contribution in [3.8, 4) is 0 Å². The lowest BCUT2D eigenvalue weighted by atomic mass is 10.2. The molecule has 0 aliphatic heterocycles. The molecule has 0 aromatic heterocycles. The molecule has 1 amide bonds. The third kappa shape index (κ3) is 8.66. The number of amides is 1. The molecular weight excluding hydrogens is 310 g/mol. The summed E-state index contributed by atoms with van der Waals surface area (Å²) in [7, 11) is 0. The average Bonchev–Trinajstić information content (AvgIpc) is 2.43. The van der Waals surface area contributed by atoms with Gasteiger partial charge in [0, 0.05) is 11.7 Å². The van der Waals surface area contributed by atoms with Gasteiger partial charge in [-0.2, -0.15) is 0 Å². The van der Waals surface area contributed by atoms with Crippen LogP contribution in [-0.2, 0) is 28.7 Å². The highest BCUT2D eigenvalue weighted by Gasteiger charge is 2.25. The molecule has 8 heteroatoms. The van der Waals surface area contributed by atoms with Crippen LogP contribution in [0.25, 0.3) is 0 Å². The van der Waals surface area contributed by atoms with E-state index in [1.165, 1.54) is 0 Å². The highest BCUT2D eigenvalue weighted by atomic mass is 32.2. The Balaban J connectivity index is 4.51. The molecular formula is C14H23NO6S. The molecule has 0 saturated heterocycles. The number of carbonyl (C=O) groups excluding carboxylic acids is 4. The van der Waals surface area contributed by atoms with Crippen LogP contribution in [-0.4, -0.2) is 48.0 Å². The number of ether oxygens (including phenoxy) is 2. The highest BCUT2D eigenvalue weighted by molar-refractivity contribution is 8.13. The Kier molecular flexibility index (Phi) is 10.3. The van der Waals surface area contributed by atoms with Gasteiger partial charge in [-0.15, -0.1) is 0 Å². The maximum atomic E-state index is 11.8. The summed E-state index contributed by atoms with van der Waals surface area (Å²) in [6.07, 6.45) is -0.369. The number of hydrogen-bond acceptors (Lipinski definition) is 7. The molecule has 0 bridgehead atoms. The summed E-state index contributed by atoms with van der Waals surface area (Å²) in [5.41, 5.74) is 0. The predicted octanol–water partition coefficient (Wildman–Crippen LogP) is 0.903. The van der Waals surface area contributed by atoms with Crippen molar-refractivity contribution in [1.82, 2.24) is 5.32 Å². The zero-order valence-electron chi connectivity index (χ0n) is 13.3. The van der Waals surface area contributed by atoms with Crippen LogP contribution in [0.15, 0.2) is 0 Å². The number of hydrogen-bond donors (Lipinski definition) is 1. The van der Waals surface area contributed by atoms with E-state index in [1.54, 1.807) is 27.7 Å². The van der Waals surface area contributed by atoms with Gasteiger partial charge >= 0.3 is 11.9 Å². The number of rotatable bonds is 9. The van der Waals surface area contributed by atoms with Crippen molar-refractivity contribution in [2.75, 3.05) is 19.0 Å². The Morgan fingerprint density at radius 2 is 1.64 bits per heavy atom. The molecule has 0 aliphatic carbocycles. The minimum Gasteiger partial charge on any atom is -0.466 e. The third-order valence-corrected chi connectivity index (χ3v) is 3.38. The lowest BCUT2D eigenvalue weighted by Crippen LogP contribution is -2.45. The molecule has 0 rings (SSSR count). The first kappa shape index (κ1) is 20.4. The standard InChI is InChI=1S/C14H23NO6S/c1-5-20-11(16)7-12(17)22-8-10(14(19)21-6-2)15-13(18)9(3)4/h9-10H,5-8H2,1-4H3,(H,15,18). The van der Waals surface area contributed by atoms with Crippen molar-refractivity contribution < 1.29 is 28.7 Å². The molecule has 0 aliphatic rings. The molecule has 0 radical (unpaired) electrons. The van der Waals surface area contributed by atoms with Crippen molar-refractivity contribution in [1.29, 1.82) is 0 Å². The van der Waals surface area contributed by atoms with Gasteiger partial charge in [0.2, 0.25) is 5.91 Å². The average molecular weight is 333 g/mol. The van der Waals surface area contributed by atoms with Crippen LogP contribution in [0, 0.1) is 5.92 Å². The van der Waals surface area contributed by atoms with Gasteiger partial charge in [0.25, 0.3) is 0 Å². The van der Waals surface area contributed by atoms with Crippen molar-refractivity contribution in [3.05, 3.63) is 0 Å². The number of nitrogens with one attached hydrogen (secondary N) is 1. The summed E-state index contributed by atoms with van der Waals surface area (Å²) < 4.78 is 9.53. The number of carbonyl (C=O) groups is 4. The van der Waals surface area contributed by atoms with Crippen LogP contribution >= 0.6 is 11.8 Å². The van der Waals surface area contributed by atoms with Gasteiger partial charge in [-0.05, 0) is 13.8 Å². The first-order valence-corrected chi connectivity index (χ1v) is 8.08. The molecule has 0 heterocycles. The van der Waals surface area contributed by atoms with Gasteiger partial charge in [-0.1, -0.05) is 25.6 Å². The van der Waals surface area contributed by atoms with E-state index in [4.69, 9.17) is 4.74 Å². The van der Waals surface area contributed by atoms with Crippen LogP contribution in [0.3, 0.4) is 0 Å². The monoisotopic (exact) mass is 333 g/mol. The Bertz CT molecular complexity index is 410. The van der Waals surface area contributed by atoms with Gasteiger partial charge in [-0.3, -0.25) is 14.4 Å². The van der Waals surface area contributed by atoms with Crippen molar-refractivity contribution >= 4 is 34.7 Å². The first-order valence-electron chi connectivity index (χ1n) is 7.10. The zero-order valence-corrected chi connectivity index (χ0v) is 14.2. The summed E-state index contributed by atoms with van der Waals surface area (Å²) in [4.78, 5) is 46.3. The van der Waals surface area contributed by atoms with Crippen molar-refractivity contribution in [2.24, 2.45) is 5.92 Å². The van der Waals surface area contributed by atoms with E-state index in [9.17, 15) is 19.2 Å². The molecule has 0 aromatic carbocycles. The topological polar surface area (TPSA) is 98.8 Å². The van der Waals surface area contributed by atoms with E-state index < -0.39 is 23.1 Å². The smallest absolute Gasteiger partial charge is 0.329 e. The second kappa shape index (κ2) is 11.1. The summed E-state index contributed by atoms with van der Waals surface area (Å²) in [6.45, 7) is 7.06. The van der Waals surface area contributed by atoms with Crippen LogP contribution in [0.5, 0.6) is 0 Å². The fourth-order valence-electron chi connectivity index (χ4n) is 1.31. The first-order chi connectivity index (χ1) is 10.3. The van der Waals surface area contributed by atoms with E-state index >= 15 is 0 Å². The van der Waals surface area contributed by atoms with E-state index in [1.807, 2.05) is 0 Å². The van der Waals surface area contributed by atoms with Gasteiger partial charge in [-0.25, -0.2) is 4.79 Å². The van der Waals surface area contributed by atoms with Gasteiger partial charge < -0.3 is 14.8 Å². The Labute approximate surface area is 134 Å². The van der Waals surface area contributed by atoms with Crippen LogP contribution in [0.1, 0.15) is 34.1 Å². The molecule has 1 atom stereocenters. The minimum absolute atomic E-state index is 0.00946. The fraction of sp³-hybridized carbons (Fsp3) is 0.714. The zero-order chi connectivity index (χ0) is 17.1. The van der Waals surface area contributed by atoms with Gasteiger partial charge in [0.1, 0.15) is 12.5 Å². The molecule has 0 saturated carbocycles. The van der Waals surface area contributed by atoms with Crippen molar-refractivity contribution in [2.45, 2.75) is 40.2 Å².